The predicted molar refractivity (Wildman–Crippen MR) is 66.6 cm³/mol. The van der Waals surface area contributed by atoms with Crippen molar-refractivity contribution in [1.29, 1.82) is 5.26 Å². The lowest BCUT2D eigenvalue weighted by atomic mass is 9.92. The number of nitrogens with one attached hydrogen (secondary N) is 1. The van der Waals surface area contributed by atoms with Gasteiger partial charge in [-0.15, -0.1) is 0 Å². The van der Waals surface area contributed by atoms with Crippen LogP contribution in [0.2, 0.25) is 0 Å². The van der Waals surface area contributed by atoms with Gasteiger partial charge in [-0.2, -0.15) is 5.26 Å². The Balaban J connectivity index is 3.64. The zero-order valence-corrected chi connectivity index (χ0v) is 11.0. The number of aromatic nitrogens is 1. The van der Waals surface area contributed by atoms with Gasteiger partial charge in [0.25, 0.3) is 5.56 Å². The molecule has 1 aromatic rings. The Morgan fingerprint density at radius 2 is 2.11 bits per heavy atom. The van der Waals surface area contributed by atoms with Gasteiger partial charge in [0.2, 0.25) is 0 Å². The maximum Gasteiger partial charge on any atom is 0.340 e. The topological polar surface area (TPSA) is 83.0 Å². The van der Waals surface area contributed by atoms with Crippen molar-refractivity contribution in [3.8, 4) is 6.07 Å². The minimum atomic E-state index is -0.508. The summed E-state index contributed by atoms with van der Waals surface area (Å²) < 4.78 is 4.97. The van der Waals surface area contributed by atoms with Crippen molar-refractivity contribution in [2.45, 2.75) is 33.6 Å². The number of esters is 1. The summed E-state index contributed by atoms with van der Waals surface area (Å²) in [6, 6.07) is 1.86. The monoisotopic (exact) mass is 248 g/mol. The molecule has 0 saturated heterocycles. The van der Waals surface area contributed by atoms with E-state index in [0.29, 0.717) is 16.8 Å². The van der Waals surface area contributed by atoms with Gasteiger partial charge in [0.05, 0.1) is 12.2 Å². The highest BCUT2D eigenvalue weighted by molar-refractivity contribution is 5.93. The molecule has 1 rings (SSSR count). The second kappa shape index (κ2) is 5.50. The minimum absolute atomic E-state index is 0.0151. The number of nitrogens with zero attached hydrogens (tertiary/aromatic N) is 1. The van der Waals surface area contributed by atoms with Gasteiger partial charge >= 0.3 is 5.97 Å². The number of carbonyl (C=O) groups excluding carboxylic acids is 1. The SMILES string of the molecule is CCOC(=O)c1c(C)[nH]c(=O)c(C#N)c1C(C)C. The first-order chi connectivity index (χ1) is 8.43. The molecule has 96 valence electrons. The fourth-order valence-electron chi connectivity index (χ4n) is 1.90. The lowest BCUT2D eigenvalue weighted by Crippen LogP contribution is -2.22. The summed E-state index contributed by atoms with van der Waals surface area (Å²) in [5.41, 5.74) is 0.701. The Labute approximate surface area is 105 Å². The normalized spacial score (nSPS) is 10.2. The van der Waals surface area contributed by atoms with Crippen LogP contribution in [-0.4, -0.2) is 17.6 Å². The first-order valence-electron chi connectivity index (χ1n) is 5.78. The fraction of sp³-hybridized carbons (Fsp3) is 0.462. The zero-order valence-electron chi connectivity index (χ0n) is 11.0. The smallest absolute Gasteiger partial charge is 0.340 e. The van der Waals surface area contributed by atoms with E-state index >= 15 is 0 Å². The number of aromatic amines is 1. The van der Waals surface area contributed by atoms with E-state index in [1.165, 1.54) is 0 Å². The fourth-order valence-corrected chi connectivity index (χ4v) is 1.90. The van der Waals surface area contributed by atoms with Gasteiger partial charge in [-0.05, 0) is 25.3 Å². The van der Waals surface area contributed by atoms with Crippen molar-refractivity contribution >= 4 is 5.97 Å². The van der Waals surface area contributed by atoms with Crippen LogP contribution in [0.5, 0.6) is 0 Å². The number of nitriles is 1. The average Bonchev–Trinajstić information content (AvgIpc) is 2.27. The van der Waals surface area contributed by atoms with E-state index in [9.17, 15) is 9.59 Å². The number of ether oxygens (including phenoxy) is 1. The predicted octanol–water partition coefficient (Wildman–Crippen LogP) is 1.86. The molecular weight excluding hydrogens is 232 g/mol. The first-order valence-corrected chi connectivity index (χ1v) is 5.78. The van der Waals surface area contributed by atoms with E-state index in [4.69, 9.17) is 10.00 Å². The number of H-pyrrole nitrogens is 1. The van der Waals surface area contributed by atoms with Crippen LogP contribution in [0.25, 0.3) is 0 Å². The third-order valence-corrected chi connectivity index (χ3v) is 2.61. The van der Waals surface area contributed by atoms with Crippen molar-refractivity contribution in [1.82, 2.24) is 4.98 Å². The van der Waals surface area contributed by atoms with E-state index in [1.54, 1.807) is 13.8 Å². The Morgan fingerprint density at radius 1 is 1.50 bits per heavy atom. The minimum Gasteiger partial charge on any atom is -0.462 e. The lowest BCUT2D eigenvalue weighted by molar-refractivity contribution is 0.0523. The van der Waals surface area contributed by atoms with Crippen LogP contribution in [0.3, 0.4) is 0 Å². The lowest BCUT2D eigenvalue weighted by Gasteiger charge is -2.15. The van der Waals surface area contributed by atoms with E-state index < -0.39 is 11.5 Å². The molecule has 1 aromatic heterocycles. The van der Waals surface area contributed by atoms with Crippen LogP contribution in [0.4, 0.5) is 0 Å². The van der Waals surface area contributed by atoms with Gasteiger partial charge in [-0.1, -0.05) is 13.8 Å². The molecule has 0 bridgehead atoms. The number of hydrogen-bond donors (Lipinski definition) is 1. The van der Waals surface area contributed by atoms with Crippen LogP contribution in [0, 0.1) is 18.3 Å². The second-order valence-electron chi connectivity index (χ2n) is 4.23. The van der Waals surface area contributed by atoms with Crippen LogP contribution < -0.4 is 5.56 Å². The molecule has 0 spiro atoms. The molecule has 5 heteroatoms. The van der Waals surface area contributed by atoms with Gasteiger partial charge in [-0.25, -0.2) is 4.79 Å². The van der Waals surface area contributed by atoms with Crippen LogP contribution >= 0.6 is 0 Å². The molecule has 18 heavy (non-hydrogen) atoms. The molecule has 5 nitrogen and oxygen atoms in total. The molecule has 0 radical (unpaired) electrons. The van der Waals surface area contributed by atoms with Gasteiger partial charge in [0.1, 0.15) is 11.6 Å². The van der Waals surface area contributed by atoms with E-state index in [-0.39, 0.29) is 18.1 Å². The summed E-state index contributed by atoms with van der Waals surface area (Å²) in [6.45, 7) is 7.24. The maximum atomic E-state index is 11.9. The van der Waals surface area contributed by atoms with Crippen LogP contribution in [0.15, 0.2) is 4.79 Å². The Hall–Kier alpha value is -2.09. The average molecular weight is 248 g/mol. The van der Waals surface area contributed by atoms with Crippen molar-refractivity contribution < 1.29 is 9.53 Å². The molecule has 0 atom stereocenters. The summed E-state index contributed by atoms with van der Waals surface area (Å²) in [6.07, 6.45) is 0. The maximum absolute atomic E-state index is 11.9. The van der Waals surface area contributed by atoms with E-state index in [1.807, 2.05) is 19.9 Å². The molecule has 0 fully saturated rings. The molecular formula is C13H16N2O3. The summed E-state index contributed by atoms with van der Waals surface area (Å²) in [5.74, 6) is -0.619. The summed E-state index contributed by atoms with van der Waals surface area (Å²) in [7, 11) is 0. The van der Waals surface area contributed by atoms with E-state index in [0.717, 1.165) is 0 Å². The number of carbonyl (C=O) groups is 1. The molecule has 1 heterocycles. The largest absolute Gasteiger partial charge is 0.462 e. The van der Waals surface area contributed by atoms with Gasteiger partial charge in [0.15, 0.2) is 0 Å². The van der Waals surface area contributed by atoms with Gasteiger partial charge < -0.3 is 9.72 Å². The standard InChI is InChI=1S/C13H16N2O3/c1-5-18-13(17)11-8(4)15-12(16)9(6-14)10(11)7(2)3/h7H,5H2,1-4H3,(H,15,16). The number of pyridine rings is 1. The van der Waals surface area contributed by atoms with Crippen LogP contribution in [-0.2, 0) is 4.74 Å². The summed E-state index contributed by atoms with van der Waals surface area (Å²) in [4.78, 5) is 26.1. The van der Waals surface area contributed by atoms with Gasteiger partial charge in [0, 0.05) is 5.69 Å². The number of rotatable bonds is 3. The Kier molecular flexibility index (Phi) is 4.27. The Morgan fingerprint density at radius 3 is 2.56 bits per heavy atom. The molecule has 0 unspecified atom stereocenters. The van der Waals surface area contributed by atoms with Gasteiger partial charge in [-0.3, -0.25) is 4.79 Å². The summed E-state index contributed by atoms with van der Waals surface area (Å²) in [5, 5.41) is 9.05. The third-order valence-electron chi connectivity index (χ3n) is 2.61. The quantitative estimate of drug-likeness (QED) is 0.827. The van der Waals surface area contributed by atoms with Crippen molar-refractivity contribution in [3.63, 3.8) is 0 Å². The molecule has 1 N–H and O–H groups in total. The number of aryl methyl sites for hydroxylation is 1. The molecule has 0 aliphatic carbocycles. The molecule has 0 aliphatic heterocycles. The molecule has 0 aromatic carbocycles. The highest BCUT2D eigenvalue weighted by Gasteiger charge is 2.23. The highest BCUT2D eigenvalue weighted by atomic mass is 16.5. The number of hydrogen-bond acceptors (Lipinski definition) is 4. The highest BCUT2D eigenvalue weighted by Crippen LogP contribution is 2.23. The third kappa shape index (κ3) is 2.43. The van der Waals surface area contributed by atoms with Crippen molar-refractivity contribution in [3.05, 3.63) is 32.7 Å². The first kappa shape index (κ1) is 14.0. The van der Waals surface area contributed by atoms with E-state index in [2.05, 4.69) is 4.98 Å². The van der Waals surface area contributed by atoms with Crippen molar-refractivity contribution in [2.24, 2.45) is 0 Å². The molecule has 0 saturated carbocycles. The molecule has 0 amide bonds. The van der Waals surface area contributed by atoms with Crippen molar-refractivity contribution in [2.75, 3.05) is 6.61 Å². The Bertz CT molecular complexity index is 565. The second-order valence-corrected chi connectivity index (χ2v) is 4.23. The molecule has 0 aliphatic rings. The van der Waals surface area contributed by atoms with Crippen LogP contribution in [0.1, 0.15) is 53.9 Å². The summed E-state index contributed by atoms with van der Waals surface area (Å²) >= 11 is 0. The zero-order chi connectivity index (χ0) is 13.9.